The normalized spacial score (nSPS) is 11.1. The molecule has 11 heteroatoms. The molecule has 1 amide bonds. The number of hydrogen-bond donors (Lipinski definition) is 1. The molecule has 0 fully saturated rings. The Bertz CT molecular complexity index is 1060. The van der Waals surface area contributed by atoms with E-state index in [1.807, 2.05) is 0 Å². The second-order valence-corrected chi connectivity index (χ2v) is 8.83. The summed E-state index contributed by atoms with van der Waals surface area (Å²) in [7, 11) is -2.21. The van der Waals surface area contributed by atoms with E-state index in [-0.39, 0.29) is 36.5 Å². The van der Waals surface area contributed by atoms with E-state index < -0.39 is 20.9 Å². The van der Waals surface area contributed by atoms with E-state index in [0.29, 0.717) is 16.3 Å². The van der Waals surface area contributed by atoms with Crippen molar-refractivity contribution in [1.29, 1.82) is 0 Å². The third-order valence-electron chi connectivity index (χ3n) is 4.34. The summed E-state index contributed by atoms with van der Waals surface area (Å²) >= 11 is 6.10. The number of nitrogens with zero attached hydrogens (tertiary/aromatic N) is 2. The molecule has 1 N–H and O–H groups in total. The lowest BCUT2D eigenvalue weighted by atomic mass is 10.2. The highest BCUT2D eigenvalue weighted by Crippen LogP contribution is 2.30. The van der Waals surface area contributed by atoms with Crippen LogP contribution in [0.4, 0.5) is 17.1 Å². The number of ether oxygens (including phenoxy) is 1. The first-order chi connectivity index (χ1) is 14.0. The number of carbonyl (C=O) groups excluding carboxylic acids is 1. The molecule has 2 aromatic carbocycles. The van der Waals surface area contributed by atoms with E-state index in [1.54, 1.807) is 25.1 Å². The molecule has 0 aliphatic carbocycles. The molecule has 0 heterocycles. The lowest BCUT2D eigenvalue weighted by Gasteiger charge is -2.24. The summed E-state index contributed by atoms with van der Waals surface area (Å²) in [4.78, 5) is 22.7. The van der Waals surface area contributed by atoms with Crippen LogP contribution in [0.25, 0.3) is 0 Å². The van der Waals surface area contributed by atoms with Crippen LogP contribution in [-0.2, 0) is 14.8 Å². The Morgan fingerprint density at radius 1 is 1.30 bits per heavy atom. The number of halogens is 1. The summed E-state index contributed by atoms with van der Waals surface area (Å²) in [5.74, 6) is -0.147. The van der Waals surface area contributed by atoms with Crippen molar-refractivity contribution in [3.8, 4) is 5.75 Å². The minimum absolute atomic E-state index is 0.00250. The van der Waals surface area contributed by atoms with Crippen molar-refractivity contribution in [2.24, 2.45) is 0 Å². The minimum atomic E-state index is -3.59. The topological polar surface area (TPSA) is 119 Å². The number of amides is 1. The van der Waals surface area contributed by atoms with Gasteiger partial charge in [-0.25, -0.2) is 8.42 Å². The molecule has 2 aromatic rings. The van der Waals surface area contributed by atoms with Crippen LogP contribution in [0.1, 0.15) is 18.4 Å². The Hall–Kier alpha value is -2.85. The largest absolute Gasteiger partial charge is 0.495 e. The predicted octanol–water partition coefficient (Wildman–Crippen LogP) is 3.75. The van der Waals surface area contributed by atoms with Crippen molar-refractivity contribution in [2.75, 3.05) is 29.5 Å². The molecule has 2 rings (SSSR count). The molecule has 0 saturated carbocycles. The lowest BCUT2D eigenvalue weighted by molar-refractivity contribution is -0.384. The van der Waals surface area contributed by atoms with E-state index in [9.17, 15) is 23.3 Å². The fourth-order valence-corrected chi connectivity index (χ4v) is 4.02. The van der Waals surface area contributed by atoms with Gasteiger partial charge in [0.15, 0.2) is 0 Å². The first-order valence-electron chi connectivity index (χ1n) is 8.89. The number of nitro benzene ring substituents is 1. The summed E-state index contributed by atoms with van der Waals surface area (Å²) in [5, 5.41) is 14.0. The fourth-order valence-electron chi connectivity index (χ4n) is 2.83. The van der Waals surface area contributed by atoms with Crippen LogP contribution >= 0.6 is 11.6 Å². The number of carbonyl (C=O) groups is 1. The molecule has 9 nitrogen and oxygen atoms in total. The van der Waals surface area contributed by atoms with Crippen LogP contribution in [0.2, 0.25) is 5.02 Å². The lowest BCUT2D eigenvalue weighted by Crippen LogP contribution is -2.32. The van der Waals surface area contributed by atoms with Crippen LogP contribution < -0.4 is 14.4 Å². The summed E-state index contributed by atoms with van der Waals surface area (Å²) < 4.78 is 30.8. The third kappa shape index (κ3) is 5.83. The van der Waals surface area contributed by atoms with Crippen molar-refractivity contribution in [3.63, 3.8) is 0 Å². The van der Waals surface area contributed by atoms with Gasteiger partial charge in [0, 0.05) is 30.1 Å². The molecule has 0 aromatic heterocycles. The quantitative estimate of drug-likeness (QED) is 0.454. The van der Waals surface area contributed by atoms with Crippen molar-refractivity contribution in [1.82, 2.24) is 0 Å². The molecular weight excluding hydrogens is 434 g/mol. The van der Waals surface area contributed by atoms with Gasteiger partial charge in [0.1, 0.15) is 5.75 Å². The van der Waals surface area contributed by atoms with Gasteiger partial charge < -0.3 is 10.1 Å². The van der Waals surface area contributed by atoms with Crippen molar-refractivity contribution >= 4 is 44.6 Å². The summed E-state index contributed by atoms with van der Waals surface area (Å²) in [6, 6.07) is 8.84. The van der Waals surface area contributed by atoms with E-state index in [4.69, 9.17) is 16.3 Å². The van der Waals surface area contributed by atoms with E-state index in [2.05, 4.69) is 5.32 Å². The Balaban J connectivity index is 2.09. The number of non-ortho nitro benzene ring substituents is 1. The minimum Gasteiger partial charge on any atom is -0.495 e. The molecular formula is C19H22ClN3O6S. The second-order valence-electron chi connectivity index (χ2n) is 6.51. The smallest absolute Gasteiger partial charge is 0.271 e. The number of benzene rings is 2. The zero-order valence-electron chi connectivity index (χ0n) is 16.7. The molecule has 0 radical (unpaired) electrons. The van der Waals surface area contributed by atoms with E-state index in [0.717, 1.165) is 6.26 Å². The second kappa shape index (κ2) is 9.77. The molecule has 0 bridgehead atoms. The number of rotatable bonds is 9. The average Bonchev–Trinajstić information content (AvgIpc) is 2.67. The number of nitro groups is 1. The summed E-state index contributed by atoms with van der Waals surface area (Å²) in [6.45, 7) is 1.79. The van der Waals surface area contributed by atoms with Crippen LogP contribution in [0.5, 0.6) is 5.75 Å². The van der Waals surface area contributed by atoms with Gasteiger partial charge in [-0.15, -0.1) is 0 Å². The monoisotopic (exact) mass is 455 g/mol. The van der Waals surface area contributed by atoms with Gasteiger partial charge in [-0.2, -0.15) is 0 Å². The standard InChI is InChI=1S/C19H22ClN3O6S/c1-13-15(20)6-4-7-17(13)22(30(3,27)28)11-5-8-19(24)21-16-12-14(23(25)26)9-10-18(16)29-2/h4,6-7,9-10,12H,5,8,11H2,1-3H3,(H,21,24). The molecule has 0 aliphatic heterocycles. The SMILES string of the molecule is COc1ccc([N+](=O)[O-])cc1NC(=O)CCCN(c1cccc(Cl)c1C)S(C)(=O)=O. The number of sulfonamides is 1. The summed E-state index contributed by atoms with van der Waals surface area (Å²) in [6.07, 6.45) is 1.31. The fraction of sp³-hybridized carbons (Fsp3) is 0.316. The zero-order chi connectivity index (χ0) is 22.5. The number of anilines is 2. The van der Waals surface area contributed by atoms with Gasteiger partial charge >= 0.3 is 0 Å². The number of hydrogen-bond acceptors (Lipinski definition) is 6. The average molecular weight is 456 g/mol. The van der Waals surface area contributed by atoms with Crippen molar-refractivity contribution < 1.29 is 22.9 Å². The molecule has 0 atom stereocenters. The Labute approximate surface area is 179 Å². The van der Waals surface area contributed by atoms with Crippen LogP contribution in [0.15, 0.2) is 36.4 Å². The molecule has 0 saturated heterocycles. The number of methoxy groups -OCH3 is 1. The van der Waals surface area contributed by atoms with Gasteiger partial charge in [-0.1, -0.05) is 17.7 Å². The highest BCUT2D eigenvalue weighted by Gasteiger charge is 2.20. The maximum atomic E-state index is 12.3. The third-order valence-corrected chi connectivity index (χ3v) is 5.93. The highest BCUT2D eigenvalue weighted by molar-refractivity contribution is 7.92. The predicted molar refractivity (Wildman–Crippen MR) is 116 cm³/mol. The highest BCUT2D eigenvalue weighted by atomic mass is 35.5. The van der Waals surface area contributed by atoms with Gasteiger partial charge in [-0.05, 0) is 37.1 Å². The van der Waals surface area contributed by atoms with E-state index >= 15 is 0 Å². The van der Waals surface area contributed by atoms with Crippen LogP contribution in [0, 0.1) is 17.0 Å². The Kier molecular flexibility index (Phi) is 7.63. The van der Waals surface area contributed by atoms with Gasteiger partial charge in [0.05, 0.1) is 29.7 Å². The van der Waals surface area contributed by atoms with Crippen LogP contribution in [-0.4, -0.2) is 39.2 Å². The molecule has 0 spiro atoms. The van der Waals surface area contributed by atoms with Gasteiger partial charge in [0.25, 0.3) is 5.69 Å². The van der Waals surface area contributed by atoms with Crippen LogP contribution in [0.3, 0.4) is 0 Å². The Morgan fingerprint density at radius 3 is 2.60 bits per heavy atom. The van der Waals surface area contributed by atoms with E-state index in [1.165, 1.54) is 29.6 Å². The zero-order valence-corrected chi connectivity index (χ0v) is 18.3. The summed E-state index contributed by atoms with van der Waals surface area (Å²) in [5.41, 5.74) is 1.05. The van der Waals surface area contributed by atoms with Gasteiger partial charge in [0.2, 0.25) is 15.9 Å². The first kappa shape index (κ1) is 23.4. The maximum Gasteiger partial charge on any atom is 0.271 e. The molecule has 0 unspecified atom stereocenters. The van der Waals surface area contributed by atoms with Gasteiger partial charge in [-0.3, -0.25) is 19.2 Å². The first-order valence-corrected chi connectivity index (χ1v) is 11.1. The van der Waals surface area contributed by atoms with Crippen molar-refractivity contribution in [2.45, 2.75) is 19.8 Å². The Morgan fingerprint density at radius 2 is 2.00 bits per heavy atom. The molecule has 30 heavy (non-hydrogen) atoms. The molecule has 162 valence electrons. The number of nitrogens with one attached hydrogen (secondary N) is 1. The molecule has 0 aliphatic rings. The van der Waals surface area contributed by atoms with Crippen molar-refractivity contribution in [3.05, 3.63) is 57.1 Å². The maximum absolute atomic E-state index is 12.3.